The number of carbonyl (C=O) groups excluding carboxylic acids is 2. The molecule has 0 bridgehead atoms. The Morgan fingerprint density at radius 3 is 2.83 bits per heavy atom. The van der Waals surface area contributed by atoms with Crippen LogP contribution in [0.2, 0.25) is 0 Å². The molecule has 2 aromatic rings. The van der Waals surface area contributed by atoms with Crippen LogP contribution in [0, 0.1) is 0 Å². The fourth-order valence-corrected chi connectivity index (χ4v) is 2.70. The van der Waals surface area contributed by atoms with Crippen molar-refractivity contribution in [3.05, 3.63) is 53.6 Å². The molecule has 124 valence electrons. The first kappa shape index (κ1) is 15.9. The summed E-state index contributed by atoms with van der Waals surface area (Å²) in [4.78, 5) is 23.6. The molecular formula is C18H19N3O3. The molecule has 1 aliphatic rings. The maximum atomic E-state index is 12.2. The lowest BCUT2D eigenvalue weighted by atomic mass is 10.0. The molecule has 0 saturated carbocycles. The molecule has 1 heterocycles. The van der Waals surface area contributed by atoms with E-state index < -0.39 is 0 Å². The van der Waals surface area contributed by atoms with E-state index in [9.17, 15) is 9.59 Å². The molecule has 0 aromatic heterocycles. The first-order valence-electron chi connectivity index (χ1n) is 7.70. The van der Waals surface area contributed by atoms with Gasteiger partial charge in [-0.1, -0.05) is 24.3 Å². The van der Waals surface area contributed by atoms with E-state index >= 15 is 0 Å². The standard InChI is InChI=1S/C18H19N3O3/c1-11(12-7-8-14-13(9-12)10-17(22)20-14)19-18(23)21-15-5-3-4-6-16(15)24-2/h3-9,11H,10H2,1-2H3,(H,20,22)(H2,19,21,23)/t11-/m0/s1. The molecule has 0 spiro atoms. The molecule has 3 N–H and O–H groups in total. The molecule has 0 fully saturated rings. The molecule has 3 amide bonds. The average Bonchev–Trinajstić information content (AvgIpc) is 2.94. The van der Waals surface area contributed by atoms with Crippen molar-refractivity contribution in [2.45, 2.75) is 19.4 Å². The SMILES string of the molecule is COc1ccccc1NC(=O)N[C@@H](C)c1ccc2c(c1)CC(=O)N2. The van der Waals surface area contributed by atoms with Gasteiger partial charge in [-0.15, -0.1) is 0 Å². The highest BCUT2D eigenvalue weighted by Gasteiger charge is 2.19. The maximum absolute atomic E-state index is 12.2. The number of anilines is 2. The average molecular weight is 325 g/mol. The quantitative estimate of drug-likeness (QED) is 0.808. The normalized spacial score (nSPS) is 13.7. The zero-order valence-corrected chi connectivity index (χ0v) is 13.6. The Morgan fingerprint density at radius 2 is 2.04 bits per heavy atom. The number of amides is 3. The number of para-hydroxylation sites is 2. The molecule has 24 heavy (non-hydrogen) atoms. The van der Waals surface area contributed by atoms with Crippen LogP contribution in [0.4, 0.5) is 16.2 Å². The van der Waals surface area contributed by atoms with Crippen LogP contribution in [0.1, 0.15) is 24.1 Å². The van der Waals surface area contributed by atoms with Gasteiger partial charge in [-0.05, 0) is 36.2 Å². The van der Waals surface area contributed by atoms with E-state index in [-0.39, 0.29) is 18.0 Å². The molecule has 0 unspecified atom stereocenters. The monoisotopic (exact) mass is 325 g/mol. The van der Waals surface area contributed by atoms with Crippen molar-refractivity contribution < 1.29 is 14.3 Å². The van der Waals surface area contributed by atoms with Gasteiger partial charge < -0.3 is 20.7 Å². The molecular weight excluding hydrogens is 306 g/mol. The van der Waals surface area contributed by atoms with E-state index in [0.717, 1.165) is 16.8 Å². The fraction of sp³-hybridized carbons (Fsp3) is 0.222. The van der Waals surface area contributed by atoms with E-state index in [2.05, 4.69) is 16.0 Å². The second-order valence-electron chi connectivity index (χ2n) is 5.66. The molecule has 1 aliphatic heterocycles. The second-order valence-corrected chi connectivity index (χ2v) is 5.66. The summed E-state index contributed by atoms with van der Waals surface area (Å²) in [5.74, 6) is 0.596. The van der Waals surface area contributed by atoms with Gasteiger partial charge in [-0.3, -0.25) is 4.79 Å². The van der Waals surface area contributed by atoms with E-state index in [1.807, 2.05) is 37.3 Å². The minimum atomic E-state index is -0.318. The molecule has 3 rings (SSSR count). The molecule has 6 nitrogen and oxygen atoms in total. The van der Waals surface area contributed by atoms with Gasteiger partial charge in [-0.25, -0.2) is 4.79 Å². The van der Waals surface area contributed by atoms with Crippen molar-refractivity contribution in [3.8, 4) is 5.75 Å². The summed E-state index contributed by atoms with van der Waals surface area (Å²) in [6, 6.07) is 12.4. The number of ether oxygens (including phenoxy) is 1. The van der Waals surface area contributed by atoms with Crippen molar-refractivity contribution in [1.82, 2.24) is 5.32 Å². The summed E-state index contributed by atoms with van der Waals surface area (Å²) < 4.78 is 5.21. The number of hydrogen-bond donors (Lipinski definition) is 3. The van der Waals surface area contributed by atoms with Gasteiger partial charge >= 0.3 is 6.03 Å². The lowest BCUT2D eigenvalue weighted by molar-refractivity contribution is -0.115. The smallest absolute Gasteiger partial charge is 0.319 e. The highest BCUT2D eigenvalue weighted by Crippen LogP contribution is 2.27. The third-order valence-corrected chi connectivity index (χ3v) is 3.96. The number of urea groups is 1. The predicted octanol–water partition coefficient (Wildman–Crippen LogP) is 3.07. The van der Waals surface area contributed by atoms with Gasteiger partial charge in [0.15, 0.2) is 0 Å². The van der Waals surface area contributed by atoms with Crippen molar-refractivity contribution in [1.29, 1.82) is 0 Å². The van der Waals surface area contributed by atoms with Crippen molar-refractivity contribution in [2.24, 2.45) is 0 Å². The summed E-state index contributed by atoms with van der Waals surface area (Å²) in [7, 11) is 1.56. The van der Waals surface area contributed by atoms with Crippen LogP contribution in [0.3, 0.4) is 0 Å². The minimum Gasteiger partial charge on any atom is -0.495 e. The Labute approximate surface area is 140 Å². The van der Waals surface area contributed by atoms with E-state index in [4.69, 9.17) is 4.74 Å². The molecule has 0 radical (unpaired) electrons. The van der Waals surface area contributed by atoms with Crippen LogP contribution >= 0.6 is 0 Å². The van der Waals surface area contributed by atoms with Crippen LogP contribution in [-0.2, 0) is 11.2 Å². The van der Waals surface area contributed by atoms with Crippen LogP contribution in [0.15, 0.2) is 42.5 Å². The summed E-state index contributed by atoms with van der Waals surface area (Å²) in [6.45, 7) is 1.90. The van der Waals surface area contributed by atoms with Gasteiger partial charge in [0.05, 0.1) is 25.3 Å². The Hall–Kier alpha value is -3.02. The Morgan fingerprint density at radius 1 is 1.25 bits per heavy atom. The predicted molar refractivity (Wildman–Crippen MR) is 92.3 cm³/mol. The first-order chi connectivity index (χ1) is 11.6. The van der Waals surface area contributed by atoms with Gasteiger partial charge in [0.2, 0.25) is 5.91 Å². The number of fused-ring (bicyclic) bond motifs is 1. The number of methoxy groups -OCH3 is 1. The molecule has 6 heteroatoms. The van der Waals surface area contributed by atoms with Crippen molar-refractivity contribution in [2.75, 3.05) is 17.7 Å². The Kier molecular flexibility index (Phi) is 4.37. The van der Waals surface area contributed by atoms with Gasteiger partial charge in [0, 0.05) is 5.69 Å². The molecule has 1 atom stereocenters. The summed E-state index contributed by atoms with van der Waals surface area (Å²) in [5.41, 5.74) is 3.35. The number of rotatable bonds is 4. The van der Waals surface area contributed by atoms with Gasteiger partial charge in [0.1, 0.15) is 5.75 Å². The fourth-order valence-electron chi connectivity index (χ4n) is 2.70. The topological polar surface area (TPSA) is 79.5 Å². The highest BCUT2D eigenvalue weighted by molar-refractivity contribution is 5.99. The van der Waals surface area contributed by atoms with E-state index in [0.29, 0.717) is 17.9 Å². The maximum Gasteiger partial charge on any atom is 0.319 e. The zero-order chi connectivity index (χ0) is 17.1. The lowest BCUT2D eigenvalue weighted by Crippen LogP contribution is -2.31. The van der Waals surface area contributed by atoms with Gasteiger partial charge in [-0.2, -0.15) is 0 Å². The lowest BCUT2D eigenvalue weighted by Gasteiger charge is -2.17. The number of carbonyl (C=O) groups is 2. The van der Waals surface area contributed by atoms with E-state index in [1.54, 1.807) is 19.2 Å². The van der Waals surface area contributed by atoms with Crippen molar-refractivity contribution in [3.63, 3.8) is 0 Å². The third kappa shape index (κ3) is 3.32. The van der Waals surface area contributed by atoms with Crippen molar-refractivity contribution >= 4 is 23.3 Å². The highest BCUT2D eigenvalue weighted by atomic mass is 16.5. The van der Waals surface area contributed by atoms with Crippen LogP contribution in [-0.4, -0.2) is 19.0 Å². The largest absolute Gasteiger partial charge is 0.495 e. The number of nitrogens with one attached hydrogen (secondary N) is 3. The van der Waals surface area contributed by atoms with E-state index in [1.165, 1.54) is 0 Å². The third-order valence-electron chi connectivity index (χ3n) is 3.96. The molecule has 0 aliphatic carbocycles. The summed E-state index contributed by atoms with van der Waals surface area (Å²) in [5, 5.41) is 8.46. The summed E-state index contributed by atoms with van der Waals surface area (Å²) in [6.07, 6.45) is 0.378. The number of hydrogen-bond acceptors (Lipinski definition) is 3. The van der Waals surface area contributed by atoms with Crippen LogP contribution < -0.4 is 20.7 Å². The Bertz CT molecular complexity index is 789. The Balaban J connectivity index is 1.66. The minimum absolute atomic E-state index is 0.00308. The van der Waals surface area contributed by atoms with Gasteiger partial charge in [0.25, 0.3) is 0 Å². The molecule has 2 aromatic carbocycles. The molecule has 0 saturated heterocycles. The summed E-state index contributed by atoms with van der Waals surface area (Å²) >= 11 is 0. The first-order valence-corrected chi connectivity index (χ1v) is 7.70. The van der Waals surface area contributed by atoms with Crippen LogP contribution in [0.25, 0.3) is 0 Å². The second kappa shape index (κ2) is 6.62. The number of benzene rings is 2. The zero-order valence-electron chi connectivity index (χ0n) is 13.6. The van der Waals surface area contributed by atoms with Crippen LogP contribution in [0.5, 0.6) is 5.75 Å².